The van der Waals surface area contributed by atoms with E-state index in [4.69, 9.17) is 10.8 Å². The van der Waals surface area contributed by atoms with Crippen LogP contribution in [0.4, 0.5) is 0 Å². The van der Waals surface area contributed by atoms with Gasteiger partial charge in [-0.1, -0.05) is 0 Å². The molecule has 4 N–H and O–H groups in total. The first-order chi connectivity index (χ1) is 8.02. The molecule has 1 heterocycles. The third kappa shape index (κ3) is 3.87. The number of amides is 1. The van der Waals surface area contributed by atoms with Crippen LogP contribution in [0.15, 0.2) is 6.20 Å². The van der Waals surface area contributed by atoms with Crippen LogP contribution in [0, 0.1) is 0 Å². The summed E-state index contributed by atoms with van der Waals surface area (Å²) in [6, 6.07) is 0. The molecule has 1 aromatic heterocycles. The number of rotatable bonds is 7. The fraction of sp³-hybridized carbons (Fsp3) is 0.500. The van der Waals surface area contributed by atoms with Gasteiger partial charge < -0.3 is 16.2 Å². The van der Waals surface area contributed by atoms with E-state index < -0.39 is 5.97 Å². The van der Waals surface area contributed by atoms with E-state index in [0.29, 0.717) is 31.6 Å². The van der Waals surface area contributed by atoms with Crippen LogP contribution in [-0.4, -0.2) is 33.3 Å². The molecule has 0 aromatic carbocycles. The zero-order chi connectivity index (χ0) is 12.8. The van der Waals surface area contributed by atoms with Crippen LogP contribution in [0.2, 0.25) is 0 Å². The molecule has 0 spiro atoms. The first kappa shape index (κ1) is 13.2. The van der Waals surface area contributed by atoms with Gasteiger partial charge in [0.2, 0.25) is 5.91 Å². The average Bonchev–Trinajstić information content (AvgIpc) is 2.59. The molecule has 1 rings (SSSR count). The monoisotopic (exact) mass is 240 g/mol. The number of aromatic nitrogens is 2. The highest BCUT2D eigenvalue weighted by Gasteiger charge is 2.13. The van der Waals surface area contributed by atoms with E-state index >= 15 is 0 Å². The highest BCUT2D eigenvalue weighted by molar-refractivity contribution is 5.88. The van der Waals surface area contributed by atoms with Crippen LogP contribution >= 0.6 is 0 Å². The number of aryl methyl sites for hydroxylation is 1. The third-order valence-electron chi connectivity index (χ3n) is 2.36. The number of carboxylic acids is 1. The molecule has 94 valence electrons. The second-order valence-electron chi connectivity index (χ2n) is 3.68. The van der Waals surface area contributed by atoms with Crippen molar-refractivity contribution < 1.29 is 14.7 Å². The van der Waals surface area contributed by atoms with Crippen molar-refractivity contribution in [1.82, 2.24) is 15.1 Å². The van der Waals surface area contributed by atoms with Gasteiger partial charge in [0.15, 0.2) is 0 Å². The topological polar surface area (TPSA) is 110 Å². The molecule has 0 unspecified atom stereocenters. The molecule has 7 nitrogen and oxygen atoms in total. The lowest BCUT2D eigenvalue weighted by Crippen LogP contribution is -2.20. The number of hydrogen-bond donors (Lipinski definition) is 3. The Kier molecular flexibility index (Phi) is 4.65. The van der Waals surface area contributed by atoms with Crippen molar-refractivity contribution in [2.45, 2.75) is 19.4 Å². The summed E-state index contributed by atoms with van der Waals surface area (Å²) in [5.41, 5.74) is 5.80. The van der Waals surface area contributed by atoms with Crippen molar-refractivity contribution in [1.29, 1.82) is 0 Å². The Morgan fingerprint density at radius 1 is 1.59 bits per heavy atom. The number of nitrogens with zero attached hydrogens (tertiary/aromatic N) is 2. The first-order valence-electron chi connectivity index (χ1n) is 5.25. The molecule has 0 atom stereocenters. The molecular weight excluding hydrogens is 224 g/mol. The molecule has 7 heteroatoms. The summed E-state index contributed by atoms with van der Waals surface area (Å²) < 4.78 is 1.52. The van der Waals surface area contributed by atoms with Gasteiger partial charge in [-0.05, 0) is 13.0 Å². The third-order valence-corrected chi connectivity index (χ3v) is 2.36. The van der Waals surface area contributed by atoms with Gasteiger partial charge in [-0.3, -0.25) is 9.48 Å². The standard InChI is InChI=1S/C10H16N4O3/c1-14-8(7(5-13-14)10(16)17)6-12-4-2-3-9(11)15/h5,12H,2-4,6H2,1H3,(H2,11,15)(H,16,17). The number of nitrogens with two attached hydrogens (primary N) is 1. The van der Waals surface area contributed by atoms with E-state index in [-0.39, 0.29) is 11.5 Å². The Balaban J connectivity index is 2.43. The molecule has 0 aliphatic rings. The predicted octanol–water partition coefficient (Wildman–Crippen LogP) is -0.527. The van der Waals surface area contributed by atoms with Crippen LogP contribution in [-0.2, 0) is 18.4 Å². The zero-order valence-corrected chi connectivity index (χ0v) is 9.64. The minimum Gasteiger partial charge on any atom is -0.478 e. The van der Waals surface area contributed by atoms with Gasteiger partial charge >= 0.3 is 5.97 Å². The maximum absolute atomic E-state index is 10.9. The smallest absolute Gasteiger partial charge is 0.339 e. The quantitative estimate of drug-likeness (QED) is 0.555. The number of carbonyl (C=O) groups is 2. The number of carboxylic acid groups (broad SMARTS) is 1. The van der Waals surface area contributed by atoms with Crippen molar-refractivity contribution in [3.63, 3.8) is 0 Å². The Bertz CT molecular complexity index is 414. The van der Waals surface area contributed by atoms with Crippen molar-refractivity contribution in [3.05, 3.63) is 17.5 Å². The van der Waals surface area contributed by atoms with Gasteiger partial charge in [0, 0.05) is 20.0 Å². The van der Waals surface area contributed by atoms with Crippen LogP contribution in [0.5, 0.6) is 0 Å². The SMILES string of the molecule is Cn1ncc(C(=O)O)c1CNCCCC(N)=O. The normalized spacial score (nSPS) is 10.4. The van der Waals surface area contributed by atoms with Crippen LogP contribution in [0.25, 0.3) is 0 Å². The molecule has 0 aliphatic heterocycles. The van der Waals surface area contributed by atoms with E-state index in [1.54, 1.807) is 7.05 Å². The number of carbonyl (C=O) groups excluding carboxylic acids is 1. The van der Waals surface area contributed by atoms with E-state index in [0.717, 1.165) is 0 Å². The van der Waals surface area contributed by atoms with Crippen LogP contribution < -0.4 is 11.1 Å². The Morgan fingerprint density at radius 2 is 2.29 bits per heavy atom. The second-order valence-corrected chi connectivity index (χ2v) is 3.68. The molecule has 17 heavy (non-hydrogen) atoms. The summed E-state index contributed by atoms with van der Waals surface area (Å²) in [5.74, 6) is -1.33. The molecule has 0 radical (unpaired) electrons. The number of hydrogen-bond acceptors (Lipinski definition) is 4. The fourth-order valence-electron chi connectivity index (χ4n) is 1.45. The summed E-state index contributed by atoms with van der Waals surface area (Å²) in [4.78, 5) is 21.4. The van der Waals surface area contributed by atoms with Gasteiger partial charge in [0.1, 0.15) is 5.56 Å². The molecule has 1 aromatic rings. The zero-order valence-electron chi connectivity index (χ0n) is 9.64. The van der Waals surface area contributed by atoms with Gasteiger partial charge in [-0.25, -0.2) is 4.79 Å². The van der Waals surface area contributed by atoms with Gasteiger partial charge in [0.25, 0.3) is 0 Å². The highest BCUT2D eigenvalue weighted by atomic mass is 16.4. The molecule has 0 fully saturated rings. The summed E-state index contributed by atoms with van der Waals surface area (Å²) in [6.45, 7) is 1.00. The maximum atomic E-state index is 10.9. The Labute approximate surface area is 98.6 Å². The van der Waals surface area contributed by atoms with Crippen LogP contribution in [0.3, 0.4) is 0 Å². The molecule has 0 aliphatic carbocycles. The van der Waals surface area contributed by atoms with E-state index in [1.807, 2.05) is 0 Å². The molecule has 0 saturated heterocycles. The minimum atomic E-state index is -0.993. The van der Waals surface area contributed by atoms with E-state index in [9.17, 15) is 9.59 Å². The largest absolute Gasteiger partial charge is 0.478 e. The Morgan fingerprint density at radius 3 is 2.88 bits per heavy atom. The first-order valence-corrected chi connectivity index (χ1v) is 5.25. The second kappa shape index (κ2) is 6.00. The van der Waals surface area contributed by atoms with Crippen molar-refractivity contribution in [2.24, 2.45) is 12.8 Å². The maximum Gasteiger partial charge on any atom is 0.339 e. The molecule has 0 saturated carbocycles. The van der Waals surface area contributed by atoms with Crippen LogP contribution in [0.1, 0.15) is 28.9 Å². The van der Waals surface area contributed by atoms with Gasteiger partial charge in [-0.15, -0.1) is 0 Å². The lowest BCUT2D eigenvalue weighted by molar-refractivity contribution is -0.118. The summed E-state index contributed by atoms with van der Waals surface area (Å²) in [5, 5.41) is 15.8. The van der Waals surface area contributed by atoms with Gasteiger partial charge in [-0.2, -0.15) is 5.10 Å². The number of aromatic carboxylic acids is 1. The lowest BCUT2D eigenvalue weighted by Gasteiger charge is -2.05. The fourth-order valence-corrected chi connectivity index (χ4v) is 1.45. The molecule has 1 amide bonds. The minimum absolute atomic E-state index is 0.190. The predicted molar refractivity (Wildman–Crippen MR) is 60.3 cm³/mol. The molecular formula is C10H16N4O3. The average molecular weight is 240 g/mol. The Hall–Kier alpha value is -1.89. The summed E-state index contributed by atoms with van der Waals surface area (Å²) in [7, 11) is 1.69. The number of nitrogens with one attached hydrogen (secondary N) is 1. The summed E-state index contributed by atoms with van der Waals surface area (Å²) in [6.07, 6.45) is 2.28. The van der Waals surface area contributed by atoms with Crippen molar-refractivity contribution in [3.8, 4) is 0 Å². The summed E-state index contributed by atoms with van der Waals surface area (Å²) >= 11 is 0. The highest BCUT2D eigenvalue weighted by Crippen LogP contribution is 2.06. The van der Waals surface area contributed by atoms with E-state index in [2.05, 4.69) is 10.4 Å². The van der Waals surface area contributed by atoms with Crippen molar-refractivity contribution in [2.75, 3.05) is 6.54 Å². The molecule has 0 bridgehead atoms. The van der Waals surface area contributed by atoms with Gasteiger partial charge in [0.05, 0.1) is 11.9 Å². The van der Waals surface area contributed by atoms with E-state index in [1.165, 1.54) is 10.9 Å². The lowest BCUT2D eigenvalue weighted by atomic mass is 10.2. The van der Waals surface area contributed by atoms with Crippen molar-refractivity contribution >= 4 is 11.9 Å². The number of primary amides is 1.